The van der Waals surface area contributed by atoms with E-state index in [1.807, 2.05) is 0 Å². The van der Waals surface area contributed by atoms with E-state index < -0.39 is 11.7 Å². The van der Waals surface area contributed by atoms with Crippen LogP contribution >= 0.6 is 0 Å². The highest BCUT2D eigenvalue weighted by atomic mass is 19.4. The van der Waals surface area contributed by atoms with Gasteiger partial charge in [0.15, 0.2) is 5.84 Å². The summed E-state index contributed by atoms with van der Waals surface area (Å²) in [5.41, 5.74) is 5.01. The molecule has 0 aliphatic heterocycles. The maximum atomic E-state index is 13.1. The first-order valence-electron chi connectivity index (χ1n) is 5.68. The smallest absolute Gasteiger partial charge is 0.409 e. The minimum atomic E-state index is -4.53. The largest absolute Gasteiger partial charge is 0.417 e. The van der Waals surface area contributed by atoms with Crippen LogP contribution in [0.2, 0.25) is 0 Å². The van der Waals surface area contributed by atoms with E-state index in [1.54, 1.807) is 30.3 Å². The number of alkyl halides is 3. The van der Waals surface area contributed by atoms with Gasteiger partial charge in [0.1, 0.15) is 0 Å². The van der Waals surface area contributed by atoms with Gasteiger partial charge in [0.25, 0.3) is 0 Å². The summed E-state index contributed by atoms with van der Waals surface area (Å²) in [6.07, 6.45) is -4.53. The van der Waals surface area contributed by atoms with Crippen molar-refractivity contribution in [1.82, 2.24) is 0 Å². The number of hydrogen-bond donors (Lipinski definition) is 2. The summed E-state index contributed by atoms with van der Waals surface area (Å²) in [6.45, 7) is 0. The standard InChI is InChI=1S/C14H11F3N2O/c15-14(16,17)12-8-10(13(18)19-20)6-7-11(12)9-4-2-1-3-5-9/h1-8,20H,(H2,18,19). The fourth-order valence-corrected chi connectivity index (χ4v) is 1.87. The topological polar surface area (TPSA) is 58.6 Å². The molecule has 3 N–H and O–H groups in total. The van der Waals surface area contributed by atoms with E-state index in [1.165, 1.54) is 12.1 Å². The first kappa shape index (κ1) is 13.9. The Kier molecular flexibility index (Phi) is 3.65. The number of nitrogens with zero attached hydrogens (tertiary/aromatic N) is 1. The zero-order chi connectivity index (χ0) is 14.8. The highest BCUT2D eigenvalue weighted by molar-refractivity contribution is 5.97. The quantitative estimate of drug-likeness (QED) is 0.383. The van der Waals surface area contributed by atoms with Gasteiger partial charge in [-0.2, -0.15) is 13.2 Å². The Labute approximate surface area is 113 Å². The number of amidine groups is 1. The van der Waals surface area contributed by atoms with E-state index in [9.17, 15) is 13.2 Å². The van der Waals surface area contributed by atoms with Crippen LogP contribution in [-0.4, -0.2) is 11.0 Å². The Morgan fingerprint density at radius 2 is 1.70 bits per heavy atom. The van der Waals surface area contributed by atoms with E-state index in [2.05, 4.69) is 5.16 Å². The second-order valence-corrected chi connectivity index (χ2v) is 4.11. The molecule has 0 bridgehead atoms. The molecule has 0 saturated heterocycles. The molecule has 0 aliphatic rings. The van der Waals surface area contributed by atoms with Crippen molar-refractivity contribution in [3.63, 3.8) is 0 Å². The normalized spacial score (nSPS) is 12.4. The number of oxime groups is 1. The molecular weight excluding hydrogens is 269 g/mol. The van der Waals surface area contributed by atoms with Gasteiger partial charge in [0.2, 0.25) is 0 Å². The second-order valence-electron chi connectivity index (χ2n) is 4.11. The lowest BCUT2D eigenvalue weighted by atomic mass is 9.97. The van der Waals surface area contributed by atoms with Crippen LogP contribution in [0.15, 0.2) is 53.7 Å². The molecule has 2 aromatic carbocycles. The van der Waals surface area contributed by atoms with Crippen molar-refractivity contribution in [3.8, 4) is 11.1 Å². The molecule has 0 heterocycles. The maximum Gasteiger partial charge on any atom is 0.417 e. The molecule has 2 rings (SSSR count). The van der Waals surface area contributed by atoms with Gasteiger partial charge >= 0.3 is 6.18 Å². The van der Waals surface area contributed by atoms with Gasteiger partial charge in [-0.1, -0.05) is 47.6 Å². The third kappa shape index (κ3) is 2.74. The van der Waals surface area contributed by atoms with Crippen molar-refractivity contribution in [1.29, 1.82) is 0 Å². The zero-order valence-corrected chi connectivity index (χ0v) is 10.2. The third-order valence-corrected chi connectivity index (χ3v) is 2.81. The van der Waals surface area contributed by atoms with Crippen molar-refractivity contribution >= 4 is 5.84 Å². The molecule has 0 radical (unpaired) electrons. The predicted octanol–water partition coefficient (Wildman–Crippen LogP) is 3.47. The summed E-state index contributed by atoms with van der Waals surface area (Å²) >= 11 is 0. The minimum absolute atomic E-state index is 0.0134. The molecule has 0 aromatic heterocycles. The molecule has 3 nitrogen and oxygen atoms in total. The monoisotopic (exact) mass is 280 g/mol. The molecule has 0 spiro atoms. The van der Waals surface area contributed by atoms with Crippen LogP contribution in [0.25, 0.3) is 11.1 Å². The molecule has 0 saturated carbocycles. The number of rotatable bonds is 2. The van der Waals surface area contributed by atoms with E-state index >= 15 is 0 Å². The van der Waals surface area contributed by atoms with Gasteiger partial charge in [-0.15, -0.1) is 0 Å². The Morgan fingerprint density at radius 1 is 1.05 bits per heavy atom. The van der Waals surface area contributed by atoms with Crippen molar-refractivity contribution in [3.05, 3.63) is 59.7 Å². The summed E-state index contributed by atoms with van der Waals surface area (Å²) in [5.74, 6) is -0.366. The molecule has 0 atom stereocenters. The van der Waals surface area contributed by atoms with Gasteiger partial charge < -0.3 is 10.9 Å². The van der Waals surface area contributed by atoms with Gasteiger partial charge in [-0.3, -0.25) is 0 Å². The van der Waals surface area contributed by atoms with Crippen LogP contribution in [-0.2, 0) is 6.18 Å². The average Bonchev–Trinajstić information content (AvgIpc) is 2.46. The van der Waals surface area contributed by atoms with Gasteiger partial charge in [-0.05, 0) is 17.2 Å². The molecule has 6 heteroatoms. The molecule has 0 amide bonds. The van der Waals surface area contributed by atoms with Crippen LogP contribution in [0.3, 0.4) is 0 Å². The first-order chi connectivity index (χ1) is 9.43. The molecule has 20 heavy (non-hydrogen) atoms. The van der Waals surface area contributed by atoms with Crippen molar-refractivity contribution in [2.75, 3.05) is 0 Å². The number of halogens is 3. The maximum absolute atomic E-state index is 13.1. The van der Waals surface area contributed by atoms with Crippen molar-refractivity contribution in [2.24, 2.45) is 10.9 Å². The summed E-state index contributed by atoms with van der Waals surface area (Å²) in [6, 6.07) is 11.8. The van der Waals surface area contributed by atoms with Crippen LogP contribution < -0.4 is 5.73 Å². The third-order valence-electron chi connectivity index (χ3n) is 2.81. The fourth-order valence-electron chi connectivity index (χ4n) is 1.87. The van der Waals surface area contributed by atoms with Crippen LogP contribution in [0.1, 0.15) is 11.1 Å². The summed E-state index contributed by atoms with van der Waals surface area (Å²) < 4.78 is 39.4. The summed E-state index contributed by atoms with van der Waals surface area (Å²) in [4.78, 5) is 0. The summed E-state index contributed by atoms with van der Waals surface area (Å²) in [7, 11) is 0. The highest BCUT2D eigenvalue weighted by Gasteiger charge is 2.34. The Hall–Kier alpha value is -2.50. The number of nitrogens with two attached hydrogens (primary N) is 1. The molecule has 0 fully saturated rings. The van der Waals surface area contributed by atoms with Crippen LogP contribution in [0.5, 0.6) is 0 Å². The van der Waals surface area contributed by atoms with Crippen molar-refractivity contribution < 1.29 is 18.4 Å². The lowest BCUT2D eigenvalue weighted by Gasteiger charge is -2.14. The lowest BCUT2D eigenvalue weighted by Crippen LogP contribution is -2.15. The predicted molar refractivity (Wildman–Crippen MR) is 69.4 cm³/mol. The van der Waals surface area contributed by atoms with Gasteiger partial charge in [0.05, 0.1) is 5.56 Å². The Balaban J connectivity index is 2.64. The summed E-state index contributed by atoms with van der Waals surface area (Å²) in [5, 5.41) is 11.3. The number of hydrogen-bond acceptors (Lipinski definition) is 2. The molecular formula is C14H11F3N2O. The molecule has 0 unspecified atom stereocenters. The van der Waals surface area contributed by atoms with Crippen molar-refractivity contribution in [2.45, 2.75) is 6.18 Å². The van der Waals surface area contributed by atoms with Gasteiger partial charge in [-0.25, -0.2) is 0 Å². The van der Waals surface area contributed by atoms with Gasteiger partial charge in [0, 0.05) is 5.56 Å². The second kappa shape index (κ2) is 5.24. The van der Waals surface area contributed by atoms with E-state index in [0.717, 1.165) is 6.07 Å². The first-order valence-corrected chi connectivity index (χ1v) is 5.68. The van der Waals surface area contributed by atoms with E-state index in [4.69, 9.17) is 10.9 Å². The highest BCUT2D eigenvalue weighted by Crippen LogP contribution is 2.37. The molecule has 104 valence electrons. The van der Waals surface area contributed by atoms with Crippen LogP contribution in [0, 0.1) is 0 Å². The van der Waals surface area contributed by atoms with E-state index in [0.29, 0.717) is 5.56 Å². The lowest BCUT2D eigenvalue weighted by molar-refractivity contribution is -0.137. The average molecular weight is 280 g/mol. The Morgan fingerprint density at radius 3 is 2.25 bits per heavy atom. The molecule has 2 aromatic rings. The number of benzene rings is 2. The SMILES string of the molecule is N/C(=N\O)c1ccc(-c2ccccc2)c(C(F)(F)F)c1. The van der Waals surface area contributed by atoms with E-state index in [-0.39, 0.29) is 17.0 Å². The molecule has 0 aliphatic carbocycles. The minimum Gasteiger partial charge on any atom is -0.409 e. The van der Waals surface area contributed by atoms with Crippen LogP contribution in [0.4, 0.5) is 13.2 Å². The fraction of sp³-hybridized carbons (Fsp3) is 0.0714. The Bertz CT molecular complexity index is 637. The zero-order valence-electron chi connectivity index (χ0n) is 10.2.